The topological polar surface area (TPSA) is 12.0 Å². The van der Waals surface area contributed by atoms with Gasteiger partial charge in [-0.1, -0.05) is 26.2 Å². The van der Waals surface area contributed by atoms with E-state index in [4.69, 9.17) is 0 Å². The summed E-state index contributed by atoms with van der Waals surface area (Å²) < 4.78 is 0. The molecule has 3 aliphatic carbocycles. The van der Waals surface area contributed by atoms with Crippen LogP contribution in [0, 0.1) is 17.3 Å². The monoisotopic (exact) mass is 221 g/mol. The highest BCUT2D eigenvalue weighted by atomic mass is 15.0. The molecule has 0 bridgehead atoms. The Morgan fingerprint density at radius 1 is 1.06 bits per heavy atom. The van der Waals surface area contributed by atoms with Crippen molar-refractivity contribution in [3.8, 4) is 0 Å². The van der Waals surface area contributed by atoms with Crippen molar-refractivity contribution in [3.63, 3.8) is 0 Å². The van der Waals surface area contributed by atoms with Gasteiger partial charge in [-0.2, -0.15) is 0 Å². The van der Waals surface area contributed by atoms with Crippen molar-refractivity contribution in [3.05, 3.63) is 0 Å². The lowest BCUT2D eigenvalue weighted by Gasteiger charge is -2.33. The van der Waals surface area contributed by atoms with Gasteiger partial charge in [0, 0.05) is 12.6 Å². The van der Waals surface area contributed by atoms with Crippen molar-refractivity contribution < 1.29 is 0 Å². The Morgan fingerprint density at radius 2 is 1.81 bits per heavy atom. The zero-order valence-corrected chi connectivity index (χ0v) is 10.8. The van der Waals surface area contributed by atoms with Crippen LogP contribution < -0.4 is 5.32 Å². The van der Waals surface area contributed by atoms with Gasteiger partial charge >= 0.3 is 0 Å². The van der Waals surface area contributed by atoms with E-state index >= 15 is 0 Å². The second-order valence-corrected chi connectivity index (χ2v) is 6.58. The summed E-state index contributed by atoms with van der Waals surface area (Å²) in [6, 6.07) is 0.856. The quantitative estimate of drug-likeness (QED) is 0.746. The van der Waals surface area contributed by atoms with Gasteiger partial charge in [0.15, 0.2) is 0 Å². The molecule has 0 spiro atoms. The highest BCUT2D eigenvalue weighted by molar-refractivity contribution is 5.05. The molecule has 3 aliphatic rings. The van der Waals surface area contributed by atoms with E-state index in [1.807, 2.05) is 0 Å². The molecule has 2 atom stereocenters. The summed E-state index contributed by atoms with van der Waals surface area (Å²) in [5.41, 5.74) is 0.787. The summed E-state index contributed by atoms with van der Waals surface area (Å²) >= 11 is 0. The molecule has 92 valence electrons. The average Bonchev–Trinajstić information content (AvgIpc) is 3.17. The van der Waals surface area contributed by atoms with E-state index in [2.05, 4.69) is 12.2 Å². The molecule has 0 aromatic rings. The van der Waals surface area contributed by atoms with Crippen LogP contribution in [0.1, 0.15) is 64.7 Å². The normalized spacial score (nSPS) is 37.3. The lowest BCUT2D eigenvalue weighted by Crippen LogP contribution is -2.41. The fourth-order valence-corrected chi connectivity index (χ4v) is 3.89. The van der Waals surface area contributed by atoms with Gasteiger partial charge in [-0.15, -0.1) is 0 Å². The van der Waals surface area contributed by atoms with Gasteiger partial charge in [0.1, 0.15) is 0 Å². The molecule has 3 saturated carbocycles. The highest BCUT2D eigenvalue weighted by Gasteiger charge is 2.53. The first kappa shape index (κ1) is 11.1. The minimum Gasteiger partial charge on any atom is -0.313 e. The summed E-state index contributed by atoms with van der Waals surface area (Å²) in [5, 5.41) is 3.95. The van der Waals surface area contributed by atoms with Gasteiger partial charge in [-0.25, -0.2) is 0 Å². The number of rotatable bonds is 5. The average molecular weight is 221 g/mol. The number of nitrogens with one attached hydrogen (secondary N) is 1. The molecule has 0 aliphatic heterocycles. The molecule has 1 heteroatoms. The van der Waals surface area contributed by atoms with E-state index in [9.17, 15) is 0 Å². The van der Waals surface area contributed by atoms with Crippen LogP contribution >= 0.6 is 0 Å². The molecule has 3 fully saturated rings. The molecule has 0 saturated heterocycles. The van der Waals surface area contributed by atoms with Crippen LogP contribution in [0.25, 0.3) is 0 Å². The van der Waals surface area contributed by atoms with Gasteiger partial charge in [-0.3, -0.25) is 0 Å². The van der Waals surface area contributed by atoms with E-state index in [0.29, 0.717) is 0 Å². The fourth-order valence-electron chi connectivity index (χ4n) is 3.89. The second-order valence-electron chi connectivity index (χ2n) is 6.58. The first-order valence-corrected chi connectivity index (χ1v) is 7.57. The maximum Gasteiger partial charge on any atom is 0.00954 e. The summed E-state index contributed by atoms with van der Waals surface area (Å²) in [6.07, 6.45) is 13.3. The maximum atomic E-state index is 3.95. The third-order valence-electron chi connectivity index (χ3n) is 5.49. The number of hydrogen-bond acceptors (Lipinski definition) is 1. The minimum atomic E-state index is 0.787. The molecule has 3 rings (SSSR count). The molecule has 0 aromatic carbocycles. The zero-order valence-electron chi connectivity index (χ0n) is 10.8. The van der Waals surface area contributed by atoms with Crippen LogP contribution in [-0.4, -0.2) is 12.6 Å². The fraction of sp³-hybridized carbons (Fsp3) is 1.00. The van der Waals surface area contributed by atoms with E-state index in [1.165, 1.54) is 64.3 Å². The molecule has 0 amide bonds. The Kier molecular flexibility index (Phi) is 2.99. The molecular formula is C15H27N. The van der Waals surface area contributed by atoms with Gasteiger partial charge in [0.2, 0.25) is 0 Å². The largest absolute Gasteiger partial charge is 0.313 e. The standard InChI is InChI=1S/C15H27N/c1-2-12-5-3-4-6-14(12)16-11-15(9-10-15)13-7-8-13/h12-14,16H,2-11H2,1H3. The third-order valence-corrected chi connectivity index (χ3v) is 5.49. The van der Waals surface area contributed by atoms with E-state index in [-0.39, 0.29) is 0 Å². The smallest absolute Gasteiger partial charge is 0.00954 e. The molecule has 1 N–H and O–H groups in total. The molecule has 0 heterocycles. The minimum absolute atomic E-state index is 0.787. The van der Waals surface area contributed by atoms with Crippen molar-refractivity contribution in [2.45, 2.75) is 70.8 Å². The first-order valence-electron chi connectivity index (χ1n) is 7.57. The van der Waals surface area contributed by atoms with Gasteiger partial charge in [0.05, 0.1) is 0 Å². The Balaban J connectivity index is 1.49. The lowest BCUT2D eigenvalue weighted by molar-refractivity contribution is 0.236. The first-order chi connectivity index (χ1) is 7.84. The van der Waals surface area contributed by atoms with Gasteiger partial charge < -0.3 is 5.32 Å². The molecular weight excluding hydrogens is 194 g/mol. The highest BCUT2D eigenvalue weighted by Crippen LogP contribution is 2.60. The molecule has 2 unspecified atom stereocenters. The third kappa shape index (κ3) is 2.16. The SMILES string of the molecule is CCC1CCCCC1NCC1(C2CC2)CC1. The molecule has 1 nitrogen and oxygen atoms in total. The van der Waals surface area contributed by atoms with Crippen LogP contribution in [0.4, 0.5) is 0 Å². The second kappa shape index (κ2) is 4.33. The van der Waals surface area contributed by atoms with E-state index in [1.54, 1.807) is 0 Å². The van der Waals surface area contributed by atoms with Crippen molar-refractivity contribution in [2.24, 2.45) is 17.3 Å². The van der Waals surface area contributed by atoms with Gasteiger partial charge in [-0.05, 0) is 55.8 Å². The summed E-state index contributed by atoms with van der Waals surface area (Å²) in [4.78, 5) is 0. The summed E-state index contributed by atoms with van der Waals surface area (Å²) in [7, 11) is 0. The summed E-state index contributed by atoms with van der Waals surface area (Å²) in [5.74, 6) is 2.09. The zero-order chi connectivity index (χ0) is 11.0. The predicted octanol–water partition coefficient (Wildman–Crippen LogP) is 3.74. The van der Waals surface area contributed by atoms with Crippen LogP contribution in [-0.2, 0) is 0 Å². The van der Waals surface area contributed by atoms with Crippen molar-refractivity contribution in [1.29, 1.82) is 0 Å². The van der Waals surface area contributed by atoms with E-state index < -0.39 is 0 Å². The van der Waals surface area contributed by atoms with Crippen molar-refractivity contribution >= 4 is 0 Å². The Labute approximate surface area is 100 Å². The van der Waals surface area contributed by atoms with E-state index in [0.717, 1.165) is 23.3 Å². The van der Waals surface area contributed by atoms with Crippen LogP contribution in [0.5, 0.6) is 0 Å². The van der Waals surface area contributed by atoms with Crippen LogP contribution in [0.3, 0.4) is 0 Å². The Hall–Kier alpha value is -0.0400. The van der Waals surface area contributed by atoms with Crippen LogP contribution in [0.2, 0.25) is 0 Å². The molecule has 16 heavy (non-hydrogen) atoms. The molecule has 0 radical (unpaired) electrons. The van der Waals surface area contributed by atoms with Gasteiger partial charge in [0.25, 0.3) is 0 Å². The Bertz CT molecular complexity index is 240. The van der Waals surface area contributed by atoms with Crippen molar-refractivity contribution in [2.75, 3.05) is 6.54 Å². The number of hydrogen-bond donors (Lipinski definition) is 1. The summed E-state index contributed by atoms with van der Waals surface area (Å²) in [6.45, 7) is 3.72. The van der Waals surface area contributed by atoms with Crippen LogP contribution in [0.15, 0.2) is 0 Å². The molecule has 0 aromatic heterocycles. The maximum absolute atomic E-state index is 3.95. The Morgan fingerprint density at radius 3 is 2.44 bits per heavy atom. The predicted molar refractivity (Wildman–Crippen MR) is 68.4 cm³/mol. The van der Waals surface area contributed by atoms with Crippen molar-refractivity contribution in [1.82, 2.24) is 5.32 Å². The lowest BCUT2D eigenvalue weighted by atomic mass is 9.82.